The first-order valence-corrected chi connectivity index (χ1v) is 11.1. The van der Waals surface area contributed by atoms with Gasteiger partial charge in [0.2, 0.25) is 17.6 Å². The van der Waals surface area contributed by atoms with E-state index in [1.54, 1.807) is 12.1 Å². The molecule has 0 atom stereocenters. The lowest BCUT2D eigenvalue weighted by Gasteiger charge is -2.22. The fourth-order valence-corrected chi connectivity index (χ4v) is 3.42. The summed E-state index contributed by atoms with van der Waals surface area (Å²) in [7, 11) is 0. The van der Waals surface area contributed by atoms with Crippen molar-refractivity contribution >= 4 is 11.8 Å². The second kappa shape index (κ2) is 11.1. The van der Waals surface area contributed by atoms with Gasteiger partial charge < -0.3 is 10.2 Å². The molecule has 1 aromatic heterocycles. The van der Waals surface area contributed by atoms with Crippen LogP contribution < -0.4 is 5.32 Å². The second-order valence-electron chi connectivity index (χ2n) is 8.15. The van der Waals surface area contributed by atoms with Crippen molar-refractivity contribution in [1.29, 1.82) is 0 Å². The Morgan fingerprint density at radius 2 is 1.66 bits per heavy atom. The van der Waals surface area contributed by atoms with Crippen LogP contribution in [0.5, 0.6) is 0 Å². The molecule has 8 nitrogen and oxygen atoms in total. The van der Waals surface area contributed by atoms with Crippen molar-refractivity contribution < 1.29 is 14.0 Å². The molecule has 1 N–H and O–H groups in total. The number of hydrogen-bond acceptors (Lipinski definition) is 5. The molecule has 0 spiro atoms. The largest absolute Gasteiger partial charge is 0.350 e. The van der Waals surface area contributed by atoms with Gasteiger partial charge in [0.1, 0.15) is 12.4 Å². The molecule has 4 aromatic rings. The van der Waals surface area contributed by atoms with Gasteiger partial charge in [0.25, 0.3) is 0 Å². The molecular weight excluding hydrogens is 447 g/mol. The molecule has 2 amide bonds. The van der Waals surface area contributed by atoms with Gasteiger partial charge in [-0.3, -0.25) is 9.59 Å². The van der Waals surface area contributed by atoms with Crippen LogP contribution in [-0.4, -0.2) is 43.5 Å². The van der Waals surface area contributed by atoms with Gasteiger partial charge in [-0.05, 0) is 35.4 Å². The molecule has 0 radical (unpaired) electrons. The zero-order valence-electron chi connectivity index (χ0n) is 19.3. The standard InChI is InChI=1S/C26H25FN6O2/c1-19-7-11-22(12-8-19)26-29-31-33(30-26)18-25(35)32(16-21-5-3-2-4-6-21)17-24(34)28-15-20-9-13-23(27)14-10-20/h2-14H,15-18H2,1H3,(H,28,34). The minimum absolute atomic E-state index is 0.144. The highest BCUT2D eigenvalue weighted by Crippen LogP contribution is 2.14. The van der Waals surface area contributed by atoms with E-state index >= 15 is 0 Å². The third-order valence-corrected chi connectivity index (χ3v) is 5.35. The highest BCUT2D eigenvalue weighted by molar-refractivity contribution is 5.84. The van der Waals surface area contributed by atoms with Crippen molar-refractivity contribution in [2.45, 2.75) is 26.6 Å². The Labute approximate surface area is 202 Å². The molecule has 0 aliphatic rings. The number of hydrogen-bond donors (Lipinski definition) is 1. The van der Waals surface area contributed by atoms with Crippen LogP contribution in [0.1, 0.15) is 16.7 Å². The quantitative estimate of drug-likeness (QED) is 0.404. The summed E-state index contributed by atoms with van der Waals surface area (Å²) in [6, 6.07) is 23.0. The van der Waals surface area contributed by atoms with E-state index in [0.29, 0.717) is 5.82 Å². The van der Waals surface area contributed by atoms with E-state index in [-0.39, 0.29) is 43.8 Å². The molecule has 0 saturated carbocycles. The van der Waals surface area contributed by atoms with Gasteiger partial charge in [0, 0.05) is 18.7 Å². The molecule has 0 unspecified atom stereocenters. The van der Waals surface area contributed by atoms with Gasteiger partial charge in [-0.2, -0.15) is 4.80 Å². The Bertz CT molecular complexity index is 1270. The monoisotopic (exact) mass is 472 g/mol. The molecular formula is C26H25FN6O2. The summed E-state index contributed by atoms with van der Waals surface area (Å²) in [4.78, 5) is 28.4. The highest BCUT2D eigenvalue weighted by Gasteiger charge is 2.20. The van der Waals surface area contributed by atoms with Gasteiger partial charge >= 0.3 is 0 Å². The number of halogens is 1. The fourth-order valence-electron chi connectivity index (χ4n) is 3.42. The maximum atomic E-state index is 13.1. The summed E-state index contributed by atoms with van der Waals surface area (Å²) in [6.07, 6.45) is 0. The zero-order chi connectivity index (χ0) is 24.6. The predicted octanol–water partition coefficient (Wildman–Crippen LogP) is 3.13. The van der Waals surface area contributed by atoms with E-state index in [9.17, 15) is 14.0 Å². The Morgan fingerprint density at radius 1 is 0.943 bits per heavy atom. The van der Waals surface area contributed by atoms with E-state index in [1.807, 2.05) is 61.5 Å². The van der Waals surface area contributed by atoms with Crippen molar-refractivity contribution in [3.8, 4) is 11.4 Å². The highest BCUT2D eigenvalue weighted by atomic mass is 19.1. The van der Waals surface area contributed by atoms with Crippen LogP contribution in [-0.2, 0) is 29.2 Å². The summed E-state index contributed by atoms with van der Waals surface area (Å²) in [5, 5.41) is 15.1. The third kappa shape index (κ3) is 6.80. The summed E-state index contributed by atoms with van der Waals surface area (Å²) >= 11 is 0. The van der Waals surface area contributed by atoms with Crippen molar-refractivity contribution in [3.63, 3.8) is 0 Å². The third-order valence-electron chi connectivity index (χ3n) is 5.35. The van der Waals surface area contributed by atoms with Crippen LogP contribution in [0.4, 0.5) is 4.39 Å². The smallest absolute Gasteiger partial charge is 0.247 e. The number of tetrazole rings is 1. The summed E-state index contributed by atoms with van der Waals surface area (Å²) in [5.74, 6) is -0.569. The van der Waals surface area contributed by atoms with Gasteiger partial charge in [-0.15, -0.1) is 10.2 Å². The van der Waals surface area contributed by atoms with Crippen LogP contribution >= 0.6 is 0 Å². The van der Waals surface area contributed by atoms with Crippen LogP contribution in [0.2, 0.25) is 0 Å². The Morgan fingerprint density at radius 3 is 2.37 bits per heavy atom. The molecule has 0 saturated heterocycles. The van der Waals surface area contributed by atoms with E-state index in [0.717, 1.165) is 22.3 Å². The SMILES string of the molecule is Cc1ccc(-c2nnn(CC(=O)N(CC(=O)NCc3ccc(F)cc3)Cc3ccccc3)n2)cc1. The molecule has 178 valence electrons. The molecule has 35 heavy (non-hydrogen) atoms. The normalized spacial score (nSPS) is 10.7. The topological polar surface area (TPSA) is 93.0 Å². The Hall–Kier alpha value is -4.40. The number of carbonyl (C=O) groups is 2. The van der Waals surface area contributed by atoms with Crippen molar-refractivity contribution in [2.75, 3.05) is 6.54 Å². The summed E-state index contributed by atoms with van der Waals surface area (Å²) < 4.78 is 13.1. The molecule has 0 aliphatic carbocycles. The average Bonchev–Trinajstić information content (AvgIpc) is 3.33. The van der Waals surface area contributed by atoms with E-state index in [1.165, 1.54) is 21.8 Å². The lowest BCUT2D eigenvalue weighted by atomic mass is 10.1. The molecule has 0 fully saturated rings. The Balaban J connectivity index is 1.42. The summed E-state index contributed by atoms with van der Waals surface area (Å²) in [5.41, 5.74) is 3.57. The van der Waals surface area contributed by atoms with Crippen molar-refractivity contribution in [2.24, 2.45) is 0 Å². The number of benzene rings is 3. The number of nitrogens with one attached hydrogen (secondary N) is 1. The van der Waals surface area contributed by atoms with Gasteiger partial charge in [0.05, 0.1) is 6.54 Å². The number of amides is 2. The van der Waals surface area contributed by atoms with Crippen LogP contribution in [0, 0.1) is 12.7 Å². The Kier molecular flexibility index (Phi) is 7.57. The zero-order valence-corrected chi connectivity index (χ0v) is 19.3. The number of nitrogens with zero attached hydrogens (tertiary/aromatic N) is 5. The molecule has 0 bridgehead atoms. The van der Waals surface area contributed by atoms with Gasteiger partial charge in [0.15, 0.2) is 0 Å². The average molecular weight is 473 g/mol. The molecule has 4 rings (SSSR count). The first-order chi connectivity index (χ1) is 17.0. The van der Waals surface area contributed by atoms with E-state index in [4.69, 9.17) is 0 Å². The minimum Gasteiger partial charge on any atom is -0.350 e. The van der Waals surface area contributed by atoms with E-state index in [2.05, 4.69) is 20.7 Å². The van der Waals surface area contributed by atoms with Crippen LogP contribution in [0.15, 0.2) is 78.9 Å². The lowest BCUT2D eigenvalue weighted by molar-refractivity contribution is -0.137. The molecule has 3 aromatic carbocycles. The molecule has 1 heterocycles. The maximum Gasteiger partial charge on any atom is 0.247 e. The van der Waals surface area contributed by atoms with Crippen molar-refractivity contribution in [1.82, 2.24) is 30.4 Å². The first kappa shape index (κ1) is 23.7. The van der Waals surface area contributed by atoms with Crippen LogP contribution in [0.3, 0.4) is 0 Å². The van der Waals surface area contributed by atoms with Crippen LogP contribution in [0.25, 0.3) is 11.4 Å². The summed E-state index contributed by atoms with van der Waals surface area (Å²) in [6.45, 7) is 2.18. The predicted molar refractivity (Wildman–Crippen MR) is 128 cm³/mol. The maximum absolute atomic E-state index is 13.1. The second-order valence-corrected chi connectivity index (χ2v) is 8.15. The number of aryl methyl sites for hydroxylation is 1. The van der Waals surface area contributed by atoms with Gasteiger partial charge in [-0.25, -0.2) is 4.39 Å². The van der Waals surface area contributed by atoms with Crippen molar-refractivity contribution in [3.05, 3.63) is 101 Å². The minimum atomic E-state index is -0.341. The molecule has 9 heteroatoms. The number of rotatable bonds is 9. The number of aromatic nitrogens is 4. The molecule has 0 aliphatic heterocycles. The fraction of sp³-hybridized carbons (Fsp3) is 0.192. The lowest BCUT2D eigenvalue weighted by Crippen LogP contribution is -2.41. The van der Waals surface area contributed by atoms with Gasteiger partial charge in [-0.1, -0.05) is 72.3 Å². The number of carbonyl (C=O) groups excluding carboxylic acids is 2. The first-order valence-electron chi connectivity index (χ1n) is 11.1. The van der Waals surface area contributed by atoms with E-state index < -0.39 is 0 Å².